The highest BCUT2D eigenvalue weighted by Crippen LogP contribution is 2.23. The highest BCUT2D eigenvalue weighted by atomic mass is 19.3. The standard InChI is InChI=1S/C15H20F2N2O3/c16-14(17)9-22-12-4-5-18-13(7-12)15(21)19-8-10-2-1-3-11(20)6-10/h4-5,7,10-11,14,20H,1-3,6,8-9H2,(H,19,21). The summed E-state index contributed by atoms with van der Waals surface area (Å²) in [6.45, 7) is -0.245. The lowest BCUT2D eigenvalue weighted by Crippen LogP contribution is -2.33. The lowest BCUT2D eigenvalue weighted by molar-refractivity contribution is 0.0815. The maximum absolute atomic E-state index is 12.1. The van der Waals surface area contributed by atoms with E-state index in [2.05, 4.69) is 10.3 Å². The summed E-state index contributed by atoms with van der Waals surface area (Å²) in [5.74, 6) is 0.0714. The lowest BCUT2D eigenvalue weighted by Gasteiger charge is -2.25. The van der Waals surface area contributed by atoms with Gasteiger partial charge in [-0.3, -0.25) is 9.78 Å². The van der Waals surface area contributed by atoms with E-state index >= 15 is 0 Å². The monoisotopic (exact) mass is 314 g/mol. The SMILES string of the molecule is O=C(NCC1CCCC(O)C1)c1cc(OCC(F)F)ccn1. The van der Waals surface area contributed by atoms with Gasteiger partial charge in [0.1, 0.15) is 18.1 Å². The molecule has 1 amide bonds. The fourth-order valence-corrected chi connectivity index (χ4v) is 2.56. The van der Waals surface area contributed by atoms with E-state index in [-0.39, 0.29) is 29.4 Å². The van der Waals surface area contributed by atoms with E-state index in [1.807, 2.05) is 0 Å². The number of carbonyl (C=O) groups is 1. The number of hydrogen-bond donors (Lipinski definition) is 2. The largest absolute Gasteiger partial charge is 0.488 e. The Morgan fingerprint density at radius 2 is 2.32 bits per heavy atom. The predicted octanol–water partition coefficient (Wildman–Crippen LogP) is 2.01. The average Bonchev–Trinajstić information content (AvgIpc) is 2.51. The van der Waals surface area contributed by atoms with Crippen LogP contribution in [0.1, 0.15) is 36.2 Å². The first-order valence-corrected chi connectivity index (χ1v) is 7.38. The van der Waals surface area contributed by atoms with Crippen LogP contribution in [0.3, 0.4) is 0 Å². The van der Waals surface area contributed by atoms with Crippen molar-refractivity contribution in [2.75, 3.05) is 13.2 Å². The van der Waals surface area contributed by atoms with Crippen LogP contribution in [-0.2, 0) is 0 Å². The van der Waals surface area contributed by atoms with Crippen LogP contribution in [0.5, 0.6) is 5.75 Å². The van der Waals surface area contributed by atoms with Gasteiger partial charge in [0.05, 0.1) is 6.10 Å². The quantitative estimate of drug-likeness (QED) is 0.842. The molecule has 122 valence electrons. The van der Waals surface area contributed by atoms with Crippen molar-refractivity contribution in [1.29, 1.82) is 0 Å². The van der Waals surface area contributed by atoms with Crippen molar-refractivity contribution < 1.29 is 23.4 Å². The lowest BCUT2D eigenvalue weighted by atomic mass is 9.87. The Hall–Kier alpha value is -1.76. The molecule has 2 N–H and O–H groups in total. The van der Waals surface area contributed by atoms with Gasteiger partial charge >= 0.3 is 0 Å². The van der Waals surface area contributed by atoms with Crippen LogP contribution in [0.15, 0.2) is 18.3 Å². The minimum Gasteiger partial charge on any atom is -0.488 e. The van der Waals surface area contributed by atoms with E-state index in [1.54, 1.807) is 0 Å². The van der Waals surface area contributed by atoms with Crippen molar-refractivity contribution in [3.8, 4) is 5.75 Å². The third-order valence-electron chi connectivity index (χ3n) is 3.65. The Balaban J connectivity index is 1.85. The van der Waals surface area contributed by atoms with E-state index in [4.69, 9.17) is 4.74 Å². The molecular formula is C15H20F2N2O3. The van der Waals surface area contributed by atoms with Crippen molar-refractivity contribution in [3.63, 3.8) is 0 Å². The Morgan fingerprint density at radius 1 is 1.50 bits per heavy atom. The second kappa shape index (κ2) is 8.03. The zero-order chi connectivity index (χ0) is 15.9. The van der Waals surface area contributed by atoms with E-state index in [9.17, 15) is 18.7 Å². The number of aliphatic hydroxyl groups excluding tert-OH is 1. The Labute approximate surface area is 127 Å². The molecule has 1 aromatic rings. The molecule has 1 heterocycles. The van der Waals surface area contributed by atoms with Gasteiger partial charge in [0.25, 0.3) is 12.3 Å². The Bertz CT molecular complexity index is 499. The van der Waals surface area contributed by atoms with E-state index in [0.717, 1.165) is 19.3 Å². The van der Waals surface area contributed by atoms with Gasteiger partial charge < -0.3 is 15.2 Å². The zero-order valence-electron chi connectivity index (χ0n) is 12.2. The number of amides is 1. The second-order valence-corrected chi connectivity index (χ2v) is 5.48. The van der Waals surface area contributed by atoms with Crippen LogP contribution in [0, 0.1) is 5.92 Å². The van der Waals surface area contributed by atoms with Crippen LogP contribution in [0.25, 0.3) is 0 Å². The molecule has 1 saturated carbocycles. The molecule has 22 heavy (non-hydrogen) atoms. The maximum atomic E-state index is 12.1. The molecule has 1 aliphatic rings. The van der Waals surface area contributed by atoms with Crippen LogP contribution in [0.2, 0.25) is 0 Å². The number of aromatic nitrogens is 1. The first kappa shape index (κ1) is 16.6. The zero-order valence-corrected chi connectivity index (χ0v) is 12.2. The van der Waals surface area contributed by atoms with E-state index in [0.29, 0.717) is 13.0 Å². The number of nitrogens with zero attached hydrogens (tertiary/aromatic N) is 1. The highest BCUT2D eigenvalue weighted by molar-refractivity contribution is 5.92. The molecule has 1 fully saturated rings. The van der Waals surface area contributed by atoms with Crippen LogP contribution < -0.4 is 10.1 Å². The first-order chi connectivity index (χ1) is 10.5. The first-order valence-electron chi connectivity index (χ1n) is 7.38. The third-order valence-corrected chi connectivity index (χ3v) is 3.65. The summed E-state index contributed by atoms with van der Waals surface area (Å²) in [5, 5.41) is 12.4. The van der Waals surface area contributed by atoms with Crippen molar-refractivity contribution in [2.24, 2.45) is 5.92 Å². The molecule has 0 aromatic carbocycles. The molecule has 5 nitrogen and oxygen atoms in total. The number of halogens is 2. The summed E-state index contributed by atoms with van der Waals surface area (Å²) in [5.41, 5.74) is 0.128. The Kier molecular flexibility index (Phi) is 6.06. The van der Waals surface area contributed by atoms with Gasteiger partial charge in [-0.25, -0.2) is 8.78 Å². The molecule has 0 bridgehead atoms. The maximum Gasteiger partial charge on any atom is 0.272 e. The summed E-state index contributed by atoms with van der Waals surface area (Å²) in [6, 6.07) is 2.77. The fraction of sp³-hybridized carbons (Fsp3) is 0.600. The molecule has 7 heteroatoms. The van der Waals surface area contributed by atoms with Gasteiger partial charge in [-0.1, -0.05) is 6.42 Å². The molecule has 0 saturated heterocycles. The van der Waals surface area contributed by atoms with Crippen molar-refractivity contribution in [2.45, 2.75) is 38.2 Å². The molecule has 0 radical (unpaired) electrons. The summed E-state index contributed by atoms with van der Waals surface area (Å²) >= 11 is 0. The predicted molar refractivity (Wildman–Crippen MR) is 76.0 cm³/mol. The van der Waals surface area contributed by atoms with Crippen molar-refractivity contribution >= 4 is 5.91 Å². The summed E-state index contributed by atoms with van der Waals surface area (Å²) in [6.07, 6.45) is 1.92. The molecular weight excluding hydrogens is 294 g/mol. The number of rotatable bonds is 6. The normalized spacial score (nSPS) is 21.6. The minimum absolute atomic E-state index is 0.128. The number of alkyl halides is 2. The topological polar surface area (TPSA) is 71.5 Å². The average molecular weight is 314 g/mol. The molecule has 1 aliphatic carbocycles. The van der Waals surface area contributed by atoms with Crippen LogP contribution >= 0.6 is 0 Å². The molecule has 0 spiro atoms. The number of aliphatic hydroxyl groups is 1. The molecule has 0 aliphatic heterocycles. The van der Waals surface area contributed by atoms with Gasteiger partial charge in [-0.2, -0.15) is 0 Å². The van der Waals surface area contributed by atoms with Gasteiger partial charge in [-0.05, 0) is 31.2 Å². The van der Waals surface area contributed by atoms with Gasteiger partial charge in [-0.15, -0.1) is 0 Å². The Morgan fingerprint density at radius 3 is 3.05 bits per heavy atom. The van der Waals surface area contributed by atoms with Crippen molar-refractivity contribution in [1.82, 2.24) is 10.3 Å². The second-order valence-electron chi connectivity index (χ2n) is 5.48. The summed E-state index contributed by atoms with van der Waals surface area (Å²) in [4.78, 5) is 15.9. The molecule has 2 unspecified atom stereocenters. The van der Waals surface area contributed by atoms with Gasteiger partial charge in [0.15, 0.2) is 0 Å². The third kappa shape index (κ3) is 5.22. The number of hydrogen-bond acceptors (Lipinski definition) is 4. The molecule has 1 aromatic heterocycles. The van der Waals surface area contributed by atoms with Gasteiger partial charge in [0, 0.05) is 18.8 Å². The molecule has 2 rings (SSSR count). The van der Waals surface area contributed by atoms with E-state index in [1.165, 1.54) is 18.3 Å². The number of carbonyl (C=O) groups excluding carboxylic acids is 1. The molecule has 2 atom stereocenters. The summed E-state index contributed by atoms with van der Waals surface area (Å²) < 4.78 is 29.1. The fourth-order valence-electron chi connectivity index (χ4n) is 2.56. The van der Waals surface area contributed by atoms with Gasteiger partial charge in [0.2, 0.25) is 0 Å². The van der Waals surface area contributed by atoms with E-state index < -0.39 is 13.0 Å². The van der Waals surface area contributed by atoms with Crippen LogP contribution in [-0.4, -0.2) is 41.7 Å². The van der Waals surface area contributed by atoms with Crippen molar-refractivity contribution in [3.05, 3.63) is 24.0 Å². The highest BCUT2D eigenvalue weighted by Gasteiger charge is 2.21. The smallest absolute Gasteiger partial charge is 0.272 e. The number of ether oxygens (including phenoxy) is 1. The number of pyridine rings is 1. The summed E-state index contributed by atoms with van der Waals surface area (Å²) in [7, 11) is 0. The minimum atomic E-state index is -2.57. The number of nitrogens with one attached hydrogen (secondary N) is 1. The van der Waals surface area contributed by atoms with Crippen LogP contribution in [0.4, 0.5) is 8.78 Å².